The van der Waals surface area contributed by atoms with Gasteiger partial charge in [0.1, 0.15) is 5.92 Å². The number of carbonyl (C=O) groups is 1. The van der Waals surface area contributed by atoms with Gasteiger partial charge in [-0.15, -0.1) is 0 Å². The predicted octanol–water partition coefficient (Wildman–Crippen LogP) is 3.89. The number of sulfonamides is 1. The van der Waals surface area contributed by atoms with Crippen molar-refractivity contribution in [3.63, 3.8) is 0 Å². The van der Waals surface area contributed by atoms with Gasteiger partial charge < -0.3 is 19.7 Å². The molecule has 3 aromatic rings. The number of likely N-dealkylation sites (N-methyl/N-ethyl adjacent to an activating group) is 1. The first-order chi connectivity index (χ1) is 18.1. The summed E-state index contributed by atoms with van der Waals surface area (Å²) in [4.78, 5) is 20.1. The third kappa shape index (κ3) is 5.81. The number of anilines is 2. The second-order valence-electron chi connectivity index (χ2n) is 9.23. The number of amides is 1. The fourth-order valence-electron chi connectivity index (χ4n) is 4.37. The van der Waals surface area contributed by atoms with Crippen LogP contribution in [0.3, 0.4) is 0 Å². The van der Waals surface area contributed by atoms with E-state index in [1.807, 2.05) is 49.3 Å². The number of hydrogen-bond acceptors (Lipinski definition) is 7. The molecular weight excluding hydrogens is 504 g/mol. The summed E-state index contributed by atoms with van der Waals surface area (Å²) in [5.41, 5.74) is 3.88. The largest absolute Gasteiger partial charge is 0.493 e. The number of aliphatic imine (C=N–C) groups is 1. The number of rotatable bonds is 10. The van der Waals surface area contributed by atoms with Crippen LogP contribution in [-0.4, -0.2) is 72.6 Å². The predicted molar refractivity (Wildman–Crippen MR) is 151 cm³/mol. The van der Waals surface area contributed by atoms with E-state index in [4.69, 9.17) is 14.5 Å². The fourth-order valence-corrected chi connectivity index (χ4v) is 5.29. The highest BCUT2D eigenvalue weighted by atomic mass is 32.2. The van der Waals surface area contributed by atoms with Gasteiger partial charge in [0.25, 0.3) is 0 Å². The third-order valence-corrected chi connectivity index (χ3v) is 7.46. The van der Waals surface area contributed by atoms with Crippen LogP contribution in [0.4, 0.5) is 17.1 Å². The number of carbonyl (C=O) groups excluding carboxylic acids is 1. The zero-order chi connectivity index (χ0) is 27.4. The molecule has 0 aromatic heterocycles. The maximum Gasteiger partial charge on any atom is 0.238 e. The molecule has 1 amide bonds. The summed E-state index contributed by atoms with van der Waals surface area (Å²) in [5.74, 6) is 0.148. The van der Waals surface area contributed by atoms with Gasteiger partial charge in [0.05, 0.1) is 37.6 Å². The van der Waals surface area contributed by atoms with E-state index in [2.05, 4.69) is 5.32 Å². The van der Waals surface area contributed by atoms with Crippen LogP contribution in [0.15, 0.2) is 71.7 Å². The Balaban J connectivity index is 1.77. The molecule has 1 N–H and O–H groups in total. The second-order valence-corrected chi connectivity index (χ2v) is 11.1. The minimum Gasteiger partial charge on any atom is -0.493 e. The highest BCUT2D eigenvalue weighted by Gasteiger charge is 2.36. The molecule has 0 spiro atoms. The summed E-state index contributed by atoms with van der Waals surface area (Å²) in [6, 6.07) is 20.0. The highest BCUT2D eigenvalue weighted by molar-refractivity contribution is 7.92. The maximum absolute atomic E-state index is 13.3. The monoisotopic (exact) mass is 536 g/mol. The summed E-state index contributed by atoms with van der Waals surface area (Å²) < 4.78 is 37.1. The fraction of sp³-hybridized carbons (Fsp3) is 0.286. The molecule has 1 atom stereocenters. The first kappa shape index (κ1) is 27.2. The number of benzene rings is 3. The van der Waals surface area contributed by atoms with Crippen LogP contribution < -0.4 is 19.1 Å². The van der Waals surface area contributed by atoms with Gasteiger partial charge in [-0.2, -0.15) is 0 Å². The minimum atomic E-state index is -3.46. The normalized spacial score (nSPS) is 15.3. The van der Waals surface area contributed by atoms with Gasteiger partial charge >= 0.3 is 0 Å². The lowest BCUT2D eigenvalue weighted by Crippen LogP contribution is -2.35. The Hall–Kier alpha value is -3.89. The maximum atomic E-state index is 13.3. The average Bonchev–Trinajstić information content (AvgIpc) is 3.21. The molecule has 1 aliphatic heterocycles. The molecule has 10 heteroatoms. The molecule has 1 unspecified atom stereocenters. The van der Waals surface area contributed by atoms with Crippen molar-refractivity contribution in [1.29, 1.82) is 0 Å². The highest BCUT2D eigenvalue weighted by Crippen LogP contribution is 2.42. The lowest BCUT2D eigenvalue weighted by Gasteiger charge is -2.24. The Morgan fingerprint density at radius 2 is 1.58 bits per heavy atom. The Morgan fingerprint density at radius 1 is 0.947 bits per heavy atom. The summed E-state index contributed by atoms with van der Waals surface area (Å²) >= 11 is 0. The van der Waals surface area contributed by atoms with Crippen molar-refractivity contribution in [2.75, 3.05) is 57.3 Å². The minimum absolute atomic E-state index is 0.207. The Morgan fingerprint density at radius 3 is 2.16 bits per heavy atom. The van der Waals surface area contributed by atoms with Crippen LogP contribution in [0.1, 0.15) is 17.0 Å². The number of methoxy groups -OCH3 is 2. The van der Waals surface area contributed by atoms with E-state index in [0.717, 1.165) is 11.1 Å². The summed E-state index contributed by atoms with van der Waals surface area (Å²) in [6.45, 7) is 0.906. The first-order valence-corrected chi connectivity index (χ1v) is 13.9. The third-order valence-electron chi connectivity index (χ3n) is 6.27. The molecule has 0 saturated carbocycles. The van der Waals surface area contributed by atoms with Crippen LogP contribution in [-0.2, 0) is 14.8 Å². The van der Waals surface area contributed by atoms with Gasteiger partial charge in [0.2, 0.25) is 15.9 Å². The molecular formula is C28H32N4O5S. The summed E-state index contributed by atoms with van der Waals surface area (Å²) in [7, 11) is 3.42. The molecule has 4 rings (SSSR count). The first-order valence-electron chi connectivity index (χ1n) is 12.1. The molecule has 0 bridgehead atoms. The molecule has 1 aliphatic rings. The van der Waals surface area contributed by atoms with Gasteiger partial charge in [-0.25, -0.2) is 8.42 Å². The molecule has 38 heavy (non-hydrogen) atoms. The van der Waals surface area contributed by atoms with Crippen LogP contribution in [0.5, 0.6) is 11.5 Å². The van der Waals surface area contributed by atoms with Gasteiger partial charge in [0.15, 0.2) is 11.5 Å². The van der Waals surface area contributed by atoms with Crippen molar-refractivity contribution in [3.05, 3.63) is 77.9 Å². The molecule has 0 fully saturated rings. The van der Waals surface area contributed by atoms with E-state index in [1.165, 1.54) is 10.6 Å². The standard InChI is InChI=1S/C28H32N4O5S/c1-31(2)15-16-32(38(5,34)35)21-13-11-20(12-14-21)29-27(19-9-7-6-8-10-19)26-22-17-24(36-3)25(37-4)18-23(22)30-28(26)33/h6-14,17-18,26H,15-16H2,1-5H3,(H,30,33). The van der Waals surface area contributed by atoms with E-state index in [-0.39, 0.29) is 5.91 Å². The van der Waals surface area contributed by atoms with Crippen molar-refractivity contribution in [3.8, 4) is 11.5 Å². The molecule has 3 aromatic carbocycles. The molecule has 9 nitrogen and oxygen atoms in total. The topological polar surface area (TPSA) is 101 Å². The van der Waals surface area contributed by atoms with E-state index >= 15 is 0 Å². The molecule has 200 valence electrons. The average molecular weight is 537 g/mol. The Kier molecular flexibility index (Phi) is 8.03. The number of nitrogens with zero attached hydrogens (tertiary/aromatic N) is 3. The van der Waals surface area contributed by atoms with Crippen molar-refractivity contribution < 1.29 is 22.7 Å². The molecule has 0 radical (unpaired) electrons. The molecule has 1 heterocycles. The van der Waals surface area contributed by atoms with Gasteiger partial charge in [-0.05, 0) is 55.6 Å². The molecule has 0 aliphatic carbocycles. The van der Waals surface area contributed by atoms with Crippen molar-refractivity contribution in [2.24, 2.45) is 4.99 Å². The van der Waals surface area contributed by atoms with Crippen LogP contribution in [0, 0.1) is 0 Å². The second kappa shape index (κ2) is 11.2. The Labute approximate surface area is 223 Å². The lowest BCUT2D eigenvalue weighted by atomic mass is 9.90. The number of nitrogens with one attached hydrogen (secondary N) is 1. The zero-order valence-electron chi connectivity index (χ0n) is 22.1. The molecule has 0 saturated heterocycles. The van der Waals surface area contributed by atoms with Crippen molar-refractivity contribution in [2.45, 2.75) is 5.92 Å². The van der Waals surface area contributed by atoms with E-state index in [1.54, 1.807) is 50.6 Å². The summed E-state index contributed by atoms with van der Waals surface area (Å²) in [6.07, 6.45) is 1.20. The number of hydrogen-bond donors (Lipinski definition) is 1. The van der Waals surface area contributed by atoms with Crippen LogP contribution in [0.25, 0.3) is 0 Å². The smallest absolute Gasteiger partial charge is 0.238 e. The number of ether oxygens (including phenoxy) is 2. The summed E-state index contributed by atoms with van der Waals surface area (Å²) in [5, 5.41) is 2.94. The van der Waals surface area contributed by atoms with Crippen molar-refractivity contribution in [1.82, 2.24) is 4.90 Å². The zero-order valence-corrected chi connectivity index (χ0v) is 23.0. The van der Waals surface area contributed by atoms with Gasteiger partial charge in [-0.3, -0.25) is 14.1 Å². The van der Waals surface area contributed by atoms with E-state index in [9.17, 15) is 13.2 Å². The Bertz CT molecular complexity index is 1440. The van der Waals surface area contributed by atoms with Gasteiger partial charge in [0, 0.05) is 24.8 Å². The quantitative estimate of drug-likeness (QED) is 0.395. The van der Waals surface area contributed by atoms with Crippen molar-refractivity contribution >= 4 is 38.7 Å². The lowest BCUT2D eigenvalue weighted by molar-refractivity contribution is -0.115. The van der Waals surface area contributed by atoms with Crippen LogP contribution in [0.2, 0.25) is 0 Å². The van der Waals surface area contributed by atoms with E-state index in [0.29, 0.717) is 47.4 Å². The SMILES string of the molecule is COc1cc2c(cc1OC)C(C(=Nc1ccc(N(CCN(C)C)S(C)(=O)=O)cc1)c1ccccc1)C(=O)N2. The van der Waals surface area contributed by atoms with E-state index < -0.39 is 15.9 Å². The number of fused-ring (bicyclic) bond motifs is 1. The van der Waals surface area contributed by atoms with Gasteiger partial charge in [-0.1, -0.05) is 30.3 Å². The van der Waals surface area contributed by atoms with Crippen LogP contribution >= 0.6 is 0 Å².